The summed E-state index contributed by atoms with van der Waals surface area (Å²) in [6.45, 7) is 0.739. The van der Waals surface area contributed by atoms with Crippen LogP contribution in [0.1, 0.15) is 24.4 Å². The smallest absolute Gasteiger partial charge is 0.165 e. The number of nitrogens with one attached hydrogen (secondary N) is 1. The van der Waals surface area contributed by atoms with Crippen molar-refractivity contribution in [2.75, 3.05) is 5.32 Å². The molecule has 0 atom stereocenters. The maximum Gasteiger partial charge on any atom is 0.165 e. The van der Waals surface area contributed by atoms with Gasteiger partial charge in [0.2, 0.25) is 0 Å². The summed E-state index contributed by atoms with van der Waals surface area (Å²) >= 11 is 0. The van der Waals surface area contributed by atoms with Crippen LogP contribution in [0.4, 0.5) is 5.82 Å². The summed E-state index contributed by atoms with van der Waals surface area (Å²) < 4.78 is 2.16. The van der Waals surface area contributed by atoms with Gasteiger partial charge in [0.1, 0.15) is 11.8 Å². The molecule has 0 aliphatic heterocycles. The number of benzene rings is 1. The van der Waals surface area contributed by atoms with E-state index in [-0.39, 0.29) is 0 Å². The van der Waals surface area contributed by atoms with E-state index in [4.69, 9.17) is 0 Å². The van der Waals surface area contributed by atoms with Crippen LogP contribution >= 0.6 is 0 Å². The molecule has 100 valence electrons. The van der Waals surface area contributed by atoms with Crippen molar-refractivity contribution in [2.45, 2.75) is 25.4 Å². The minimum atomic E-state index is 0.580. The fourth-order valence-electron chi connectivity index (χ4n) is 2.38. The predicted molar refractivity (Wildman–Crippen MR) is 77.4 cm³/mol. The van der Waals surface area contributed by atoms with E-state index in [0.717, 1.165) is 23.5 Å². The van der Waals surface area contributed by atoms with E-state index in [0.29, 0.717) is 6.04 Å². The quantitative estimate of drug-likeness (QED) is 0.788. The van der Waals surface area contributed by atoms with Gasteiger partial charge >= 0.3 is 0 Å². The van der Waals surface area contributed by atoms with Gasteiger partial charge in [-0.2, -0.15) is 0 Å². The summed E-state index contributed by atoms with van der Waals surface area (Å²) in [6.07, 6.45) is 5.94. The summed E-state index contributed by atoms with van der Waals surface area (Å²) in [5.74, 6) is 0.804. The molecule has 5 heteroatoms. The fourth-order valence-corrected chi connectivity index (χ4v) is 2.38. The lowest BCUT2D eigenvalue weighted by atomic mass is 10.2. The highest BCUT2D eigenvalue weighted by Crippen LogP contribution is 2.37. The molecule has 2 heterocycles. The zero-order valence-corrected chi connectivity index (χ0v) is 11.0. The largest absolute Gasteiger partial charge is 0.364 e. The van der Waals surface area contributed by atoms with Gasteiger partial charge in [0.05, 0.1) is 6.33 Å². The van der Waals surface area contributed by atoms with Crippen LogP contribution in [0.5, 0.6) is 0 Å². The zero-order chi connectivity index (χ0) is 13.4. The lowest BCUT2D eigenvalue weighted by molar-refractivity contribution is 0.756. The van der Waals surface area contributed by atoms with E-state index in [9.17, 15) is 0 Å². The average molecular weight is 265 g/mol. The van der Waals surface area contributed by atoms with Crippen LogP contribution in [-0.2, 0) is 6.54 Å². The summed E-state index contributed by atoms with van der Waals surface area (Å²) in [5, 5.41) is 3.35. The highest BCUT2D eigenvalue weighted by molar-refractivity contribution is 5.82. The first-order valence-electron chi connectivity index (χ1n) is 6.87. The van der Waals surface area contributed by atoms with Gasteiger partial charge in [-0.25, -0.2) is 15.0 Å². The molecule has 0 spiro atoms. The highest BCUT2D eigenvalue weighted by atomic mass is 15.2. The number of nitrogens with zero attached hydrogens (tertiary/aromatic N) is 4. The van der Waals surface area contributed by atoms with Crippen molar-refractivity contribution in [3.8, 4) is 0 Å². The normalized spacial score (nSPS) is 14.6. The van der Waals surface area contributed by atoms with Crippen LogP contribution in [0.2, 0.25) is 0 Å². The number of fused-ring (bicyclic) bond motifs is 1. The van der Waals surface area contributed by atoms with E-state index < -0.39 is 0 Å². The molecular weight excluding hydrogens is 250 g/mol. The molecule has 5 nitrogen and oxygen atoms in total. The van der Waals surface area contributed by atoms with Crippen LogP contribution in [0.15, 0.2) is 43.0 Å². The Morgan fingerprint density at radius 3 is 2.75 bits per heavy atom. The van der Waals surface area contributed by atoms with E-state index in [2.05, 4.69) is 37.0 Å². The zero-order valence-electron chi connectivity index (χ0n) is 11.0. The van der Waals surface area contributed by atoms with Crippen LogP contribution in [0.3, 0.4) is 0 Å². The Balaban J connectivity index is 1.63. The molecule has 3 aromatic rings. The molecule has 1 aromatic carbocycles. The Kier molecular flexibility index (Phi) is 2.62. The molecule has 1 N–H and O–H groups in total. The number of aromatic nitrogens is 4. The van der Waals surface area contributed by atoms with Crippen LogP contribution < -0.4 is 5.32 Å². The first kappa shape index (κ1) is 11.4. The van der Waals surface area contributed by atoms with Gasteiger partial charge in [-0.15, -0.1) is 0 Å². The summed E-state index contributed by atoms with van der Waals surface area (Å²) in [4.78, 5) is 13.2. The molecule has 1 saturated carbocycles. The van der Waals surface area contributed by atoms with Gasteiger partial charge in [-0.3, -0.25) is 0 Å². The van der Waals surface area contributed by atoms with Crippen molar-refractivity contribution < 1.29 is 0 Å². The van der Waals surface area contributed by atoms with Crippen molar-refractivity contribution in [1.82, 2.24) is 19.5 Å². The standard InChI is InChI=1S/C15H15N5/c1-2-4-11(5-3-1)8-16-14-13-15(18-9-17-14)20(10-19-13)12-6-7-12/h1-5,9-10,12H,6-8H2,(H,16,17,18). The Bertz CT molecular complexity index is 730. The van der Waals surface area contributed by atoms with Gasteiger partial charge in [-0.05, 0) is 18.4 Å². The third-order valence-electron chi connectivity index (χ3n) is 3.60. The van der Waals surface area contributed by atoms with Gasteiger partial charge < -0.3 is 9.88 Å². The third kappa shape index (κ3) is 2.01. The molecule has 0 saturated heterocycles. The maximum atomic E-state index is 4.47. The SMILES string of the molecule is c1ccc(CNc2ncnc3c2ncn3C2CC2)cc1. The van der Waals surface area contributed by atoms with E-state index in [1.165, 1.54) is 18.4 Å². The van der Waals surface area contributed by atoms with Crippen LogP contribution in [0.25, 0.3) is 11.2 Å². The van der Waals surface area contributed by atoms with Crippen molar-refractivity contribution in [2.24, 2.45) is 0 Å². The van der Waals surface area contributed by atoms with Crippen molar-refractivity contribution >= 4 is 17.0 Å². The van der Waals surface area contributed by atoms with Crippen molar-refractivity contribution in [1.29, 1.82) is 0 Å². The number of hydrogen-bond donors (Lipinski definition) is 1. The number of imidazole rings is 1. The van der Waals surface area contributed by atoms with E-state index >= 15 is 0 Å². The highest BCUT2D eigenvalue weighted by Gasteiger charge is 2.26. The molecule has 20 heavy (non-hydrogen) atoms. The Morgan fingerprint density at radius 1 is 1.10 bits per heavy atom. The van der Waals surface area contributed by atoms with Crippen molar-refractivity contribution in [3.63, 3.8) is 0 Å². The number of anilines is 1. The van der Waals surface area contributed by atoms with Crippen molar-refractivity contribution in [3.05, 3.63) is 48.5 Å². The van der Waals surface area contributed by atoms with E-state index in [1.54, 1.807) is 6.33 Å². The summed E-state index contributed by atoms with van der Waals surface area (Å²) in [5.41, 5.74) is 3.01. The first-order chi connectivity index (χ1) is 9.92. The molecule has 4 rings (SSSR count). The number of hydrogen-bond acceptors (Lipinski definition) is 4. The number of rotatable bonds is 4. The second-order valence-electron chi connectivity index (χ2n) is 5.12. The van der Waals surface area contributed by atoms with Crippen LogP contribution in [-0.4, -0.2) is 19.5 Å². The molecule has 0 bridgehead atoms. The second kappa shape index (κ2) is 4.59. The molecule has 0 unspecified atom stereocenters. The Labute approximate surface area is 116 Å². The van der Waals surface area contributed by atoms with Gasteiger partial charge in [-0.1, -0.05) is 30.3 Å². The van der Waals surface area contributed by atoms with Gasteiger partial charge in [0, 0.05) is 12.6 Å². The topological polar surface area (TPSA) is 55.6 Å². The van der Waals surface area contributed by atoms with Gasteiger partial charge in [0.25, 0.3) is 0 Å². The molecule has 0 radical (unpaired) electrons. The molecule has 0 amide bonds. The lowest BCUT2D eigenvalue weighted by Crippen LogP contribution is -2.03. The predicted octanol–water partition coefficient (Wildman–Crippen LogP) is 2.77. The minimum absolute atomic E-state index is 0.580. The third-order valence-corrected chi connectivity index (χ3v) is 3.60. The van der Waals surface area contributed by atoms with Crippen LogP contribution in [0, 0.1) is 0 Å². The second-order valence-corrected chi connectivity index (χ2v) is 5.12. The molecule has 1 aliphatic rings. The molecular formula is C15H15N5. The maximum absolute atomic E-state index is 4.47. The monoisotopic (exact) mass is 265 g/mol. The minimum Gasteiger partial charge on any atom is -0.364 e. The Hall–Kier alpha value is -2.43. The van der Waals surface area contributed by atoms with E-state index in [1.807, 2.05) is 24.5 Å². The average Bonchev–Trinajstić information content (AvgIpc) is 3.25. The first-order valence-corrected chi connectivity index (χ1v) is 6.87. The van der Waals surface area contributed by atoms with Gasteiger partial charge in [0.15, 0.2) is 11.5 Å². The lowest BCUT2D eigenvalue weighted by Gasteiger charge is -2.06. The molecule has 1 aliphatic carbocycles. The Morgan fingerprint density at radius 2 is 1.95 bits per heavy atom. The molecule has 2 aromatic heterocycles. The fraction of sp³-hybridized carbons (Fsp3) is 0.267. The summed E-state index contributed by atoms with van der Waals surface area (Å²) in [7, 11) is 0. The molecule has 1 fully saturated rings. The summed E-state index contributed by atoms with van der Waals surface area (Å²) in [6, 6.07) is 10.9.